The van der Waals surface area contributed by atoms with Crippen LogP contribution in [-0.4, -0.2) is 27.3 Å². The van der Waals surface area contributed by atoms with Gasteiger partial charge in [0, 0.05) is 25.3 Å². The maximum atomic E-state index is 11.8. The predicted octanol–water partition coefficient (Wildman–Crippen LogP) is 5.57. The number of hydrogen-bond donors (Lipinski definition) is 0. The maximum absolute atomic E-state index is 11.8. The molecule has 0 aromatic heterocycles. The first-order valence-corrected chi connectivity index (χ1v) is 11.8. The average molecular weight is 507 g/mol. The third-order valence-electron chi connectivity index (χ3n) is 3.72. The van der Waals surface area contributed by atoms with Gasteiger partial charge >= 0.3 is 0 Å². The molecule has 0 saturated heterocycles. The molecule has 0 atom stereocenters. The van der Waals surface area contributed by atoms with Crippen LogP contribution in [0.1, 0.15) is 13.3 Å². The molecule has 25 heavy (non-hydrogen) atoms. The average Bonchev–Trinajstić information content (AvgIpc) is 2.53. The SMILES string of the molecule is CCOS(=O)(=O)CCCN1c2ccc(Br)cc2Sc2cc(Br)ccc21. The molecular formula is C17H17Br2NO3S2. The second kappa shape index (κ2) is 8.00. The lowest BCUT2D eigenvalue weighted by Gasteiger charge is -2.33. The van der Waals surface area contributed by atoms with Crippen molar-refractivity contribution in [2.75, 3.05) is 23.8 Å². The van der Waals surface area contributed by atoms with E-state index in [0.717, 1.165) is 30.1 Å². The van der Waals surface area contributed by atoms with Gasteiger partial charge in [-0.3, -0.25) is 4.18 Å². The Morgan fingerprint density at radius 1 is 1.04 bits per heavy atom. The molecule has 0 unspecified atom stereocenters. The molecule has 0 saturated carbocycles. The van der Waals surface area contributed by atoms with E-state index in [1.807, 2.05) is 12.1 Å². The van der Waals surface area contributed by atoms with Crippen molar-refractivity contribution < 1.29 is 12.6 Å². The molecule has 0 radical (unpaired) electrons. The summed E-state index contributed by atoms with van der Waals surface area (Å²) < 4.78 is 30.5. The molecular weight excluding hydrogens is 490 g/mol. The molecule has 0 aliphatic carbocycles. The largest absolute Gasteiger partial charge is 0.340 e. The first kappa shape index (κ1) is 19.2. The Kier molecular flexibility index (Phi) is 6.15. The second-order valence-corrected chi connectivity index (χ2v) is 10.2. The Morgan fingerprint density at radius 2 is 1.60 bits per heavy atom. The molecule has 0 spiro atoms. The number of anilines is 2. The van der Waals surface area contributed by atoms with E-state index in [1.54, 1.807) is 18.7 Å². The van der Waals surface area contributed by atoms with E-state index in [1.165, 1.54) is 0 Å². The molecule has 2 aromatic rings. The second-order valence-electron chi connectivity index (χ2n) is 5.50. The highest BCUT2D eigenvalue weighted by Crippen LogP contribution is 2.49. The zero-order valence-electron chi connectivity index (χ0n) is 13.5. The Hall–Kier alpha value is -0.540. The topological polar surface area (TPSA) is 46.6 Å². The van der Waals surface area contributed by atoms with Crippen molar-refractivity contribution in [1.82, 2.24) is 0 Å². The van der Waals surface area contributed by atoms with Gasteiger partial charge in [-0.2, -0.15) is 8.42 Å². The number of nitrogens with zero attached hydrogens (tertiary/aromatic N) is 1. The Bertz CT molecular complexity index is 836. The summed E-state index contributed by atoms with van der Waals surface area (Å²) in [6.07, 6.45) is 0.498. The van der Waals surface area contributed by atoms with E-state index in [0.29, 0.717) is 13.0 Å². The van der Waals surface area contributed by atoms with Gasteiger partial charge in [0.05, 0.1) is 23.7 Å². The van der Waals surface area contributed by atoms with Crippen LogP contribution in [0, 0.1) is 0 Å². The fourth-order valence-electron chi connectivity index (χ4n) is 2.71. The van der Waals surface area contributed by atoms with Crippen LogP contribution in [0.25, 0.3) is 0 Å². The van der Waals surface area contributed by atoms with Crippen molar-refractivity contribution in [3.05, 3.63) is 45.3 Å². The van der Waals surface area contributed by atoms with Gasteiger partial charge in [-0.25, -0.2) is 0 Å². The normalized spacial score (nSPS) is 13.5. The molecule has 134 valence electrons. The quantitative estimate of drug-likeness (QED) is 0.479. The van der Waals surface area contributed by atoms with E-state index in [4.69, 9.17) is 4.18 Å². The lowest BCUT2D eigenvalue weighted by Crippen LogP contribution is -2.24. The van der Waals surface area contributed by atoms with Crippen molar-refractivity contribution in [3.63, 3.8) is 0 Å². The van der Waals surface area contributed by atoms with Gasteiger partial charge in [0.2, 0.25) is 0 Å². The van der Waals surface area contributed by atoms with Crippen LogP contribution in [-0.2, 0) is 14.3 Å². The van der Waals surface area contributed by atoms with Crippen LogP contribution in [0.15, 0.2) is 55.1 Å². The molecule has 2 aromatic carbocycles. The molecule has 1 heterocycles. The fourth-order valence-corrected chi connectivity index (χ4v) is 5.87. The summed E-state index contributed by atoms with van der Waals surface area (Å²) in [5.74, 6) is 0.0161. The summed E-state index contributed by atoms with van der Waals surface area (Å²) >= 11 is 8.76. The number of fused-ring (bicyclic) bond motifs is 2. The Balaban J connectivity index is 1.88. The Labute approximate surface area is 169 Å². The van der Waals surface area contributed by atoms with Crippen LogP contribution in [0.4, 0.5) is 11.4 Å². The highest BCUT2D eigenvalue weighted by molar-refractivity contribution is 9.10. The van der Waals surface area contributed by atoms with Crippen LogP contribution in [0.2, 0.25) is 0 Å². The summed E-state index contributed by atoms with van der Waals surface area (Å²) in [6.45, 7) is 2.47. The van der Waals surface area contributed by atoms with Gasteiger partial charge in [-0.05, 0) is 49.7 Å². The van der Waals surface area contributed by atoms with Crippen molar-refractivity contribution in [2.45, 2.75) is 23.1 Å². The van der Waals surface area contributed by atoms with E-state index in [2.05, 4.69) is 61.0 Å². The van der Waals surface area contributed by atoms with Gasteiger partial charge in [-0.1, -0.05) is 43.6 Å². The van der Waals surface area contributed by atoms with Gasteiger partial charge in [-0.15, -0.1) is 0 Å². The summed E-state index contributed by atoms with van der Waals surface area (Å²) in [7, 11) is -3.45. The molecule has 1 aliphatic heterocycles. The predicted molar refractivity (Wildman–Crippen MR) is 109 cm³/mol. The molecule has 3 rings (SSSR count). The van der Waals surface area contributed by atoms with Crippen molar-refractivity contribution >= 4 is 65.1 Å². The Morgan fingerprint density at radius 3 is 2.12 bits per heavy atom. The lowest BCUT2D eigenvalue weighted by molar-refractivity contribution is 0.337. The van der Waals surface area contributed by atoms with Gasteiger partial charge in [0.15, 0.2) is 0 Å². The minimum absolute atomic E-state index is 0.0161. The zero-order valence-corrected chi connectivity index (χ0v) is 18.3. The van der Waals surface area contributed by atoms with Crippen LogP contribution < -0.4 is 4.90 Å². The fraction of sp³-hybridized carbons (Fsp3) is 0.294. The highest BCUT2D eigenvalue weighted by atomic mass is 79.9. The van der Waals surface area contributed by atoms with E-state index in [9.17, 15) is 8.42 Å². The van der Waals surface area contributed by atoms with Crippen LogP contribution in [0.3, 0.4) is 0 Å². The van der Waals surface area contributed by atoms with Gasteiger partial charge < -0.3 is 4.90 Å². The minimum Gasteiger partial charge on any atom is -0.340 e. The smallest absolute Gasteiger partial charge is 0.267 e. The first-order valence-electron chi connectivity index (χ1n) is 7.81. The van der Waals surface area contributed by atoms with Crippen molar-refractivity contribution in [1.29, 1.82) is 0 Å². The summed E-state index contributed by atoms with van der Waals surface area (Å²) in [5.41, 5.74) is 2.19. The minimum atomic E-state index is -3.45. The summed E-state index contributed by atoms with van der Waals surface area (Å²) in [4.78, 5) is 4.47. The number of halogens is 2. The number of hydrogen-bond acceptors (Lipinski definition) is 5. The van der Waals surface area contributed by atoms with Gasteiger partial charge in [0.25, 0.3) is 10.1 Å². The standard InChI is InChI=1S/C17H17Br2NO3S2/c1-2-23-25(21,22)9-3-8-20-14-6-4-12(18)10-16(14)24-17-11-13(19)5-7-15(17)20/h4-7,10-11H,2-3,8-9H2,1H3. The van der Waals surface area contributed by atoms with E-state index >= 15 is 0 Å². The third kappa shape index (κ3) is 4.60. The van der Waals surface area contributed by atoms with Crippen molar-refractivity contribution in [2.24, 2.45) is 0 Å². The molecule has 0 amide bonds. The number of rotatable bonds is 6. The van der Waals surface area contributed by atoms with Gasteiger partial charge in [0.1, 0.15) is 0 Å². The third-order valence-corrected chi connectivity index (χ3v) is 7.18. The van der Waals surface area contributed by atoms with Crippen molar-refractivity contribution in [3.8, 4) is 0 Å². The zero-order chi connectivity index (χ0) is 18.0. The summed E-state index contributed by atoms with van der Waals surface area (Å²) in [5, 5.41) is 0. The highest BCUT2D eigenvalue weighted by Gasteiger charge is 2.24. The molecule has 0 N–H and O–H groups in total. The monoisotopic (exact) mass is 505 g/mol. The molecule has 4 nitrogen and oxygen atoms in total. The molecule has 1 aliphatic rings. The first-order chi connectivity index (χ1) is 11.9. The summed E-state index contributed by atoms with van der Waals surface area (Å²) in [6, 6.07) is 12.3. The van der Waals surface area contributed by atoms with E-state index < -0.39 is 10.1 Å². The molecule has 0 fully saturated rings. The molecule has 8 heteroatoms. The number of benzene rings is 2. The van der Waals surface area contributed by atoms with Crippen LogP contribution in [0.5, 0.6) is 0 Å². The molecule has 0 bridgehead atoms. The van der Waals surface area contributed by atoms with E-state index in [-0.39, 0.29) is 12.4 Å². The lowest BCUT2D eigenvalue weighted by atomic mass is 10.2. The maximum Gasteiger partial charge on any atom is 0.267 e. The van der Waals surface area contributed by atoms with Crippen LogP contribution >= 0.6 is 43.6 Å².